The van der Waals surface area contributed by atoms with Crippen LogP contribution in [0.25, 0.3) is 0 Å². The maximum atomic E-state index is 9.80. The van der Waals surface area contributed by atoms with Crippen LogP contribution in [0.3, 0.4) is 0 Å². The standard InChI is InChI=1S/C22H32N4O3/c1-18(27)22-15-20-17-25(7-2-8-26(20)23-22)16-19-3-5-21(6-4-19)29-14-11-24-9-12-28-13-10-24/h3-6,15,18,27H,2,7-14,16-17H2,1H3/t18-/m0/s1. The van der Waals surface area contributed by atoms with Gasteiger partial charge < -0.3 is 14.6 Å². The summed E-state index contributed by atoms with van der Waals surface area (Å²) in [6.45, 7) is 10.8. The first kappa shape index (κ1) is 20.3. The molecule has 0 spiro atoms. The lowest BCUT2D eigenvalue weighted by atomic mass is 10.2. The van der Waals surface area contributed by atoms with Crippen molar-refractivity contribution in [1.29, 1.82) is 0 Å². The van der Waals surface area contributed by atoms with Gasteiger partial charge in [-0.15, -0.1) is 0 Å². The maximum Gasteiger partial charge on any atom is 0.119 e. The topological polar surface area (TPSA) is 63.0 Å². The number of aryl methyl sites for hydroxylation is 1. The van der Waals surface area contributed by atoms with Crippen molar-refractivity contribution in [3.63, 3.8) is 0 Å². The molecule has 0 bridgehead atoms. The van der Waals surface area contributed by atoms with Crippen molar-refractivity contribution in [1.82, 2.24) is 19.6 Å². The summed E-state index contributed by atoms with van der Waals surface area (Å²) in [4.78, 5) is 4.82. The van der Waals surface area contributed by atoms with E-state index in [9.17, 15) is 5.11 Å². The van der Waals surface area contributed by atoms with Gasteiger partial charge in [0.25, 0.3) is 0 Å². The summed E-state index contributed by atoms with van der Waals surface area (Å²) in [7, 11) is 0. The molecule has 1 fully saturated rings. The first-order valence-electron chi connectivity index (χ1n) is 10.7. The molecule has 7 heteroatoms. The van der Waals surface area contributed by atoms with Crippen LogP contribution in [0.1, 0.15) is 36.4 Å². The number of ether oxygens (including phenoxy) is 2. The predicted molar refractivity (Wildman–Crippen MR) is 111 cm³/mol. The van der Waals surface area contributed by atoms with Gasteiger partial charge in [0, 0.05) is 45.8 Å². The van der Waals surface area contributed by atoms with Crippen LogP contribution in [0.4, 0.5) is 0 Å². The summed E-state index contributed by atoms with van der Waals surface area (Å²) in [6.07, 6.45) is 0.551. The Balaban J connectivity index is 1.27. The van der Waals surface area contributed by atoms with E-state index in [0.717, 1.165) is 76.9 Å². The number of aromatic nitrogens is 2. The van der Waals surface area contributed by atoms with Crippen molar-refractivity contribution in [2.24, 2.45) is 0 Å². The molecule has 7 nitrogen and oxygen atoms in total. The molecule has 0 unspecified atom stereocenters. The van der Waals surface area contributed by atoms with Gasteiger partial charge >= 0.3 is 0 Å². The van der Waals surface area contributed by atoms with Crippen LogP contribution in [0.2, 0.25) is 0 Å². The number of aliphatic hydroxyl groups is 1. The second-order valence-electron chi connectivity index (χ2n) is 7.97. The molecular formula is C22H32N4O3. The van der Waals surface area contributed by atoms with Gasteiger partial charge in [0.1, 0.15) is 12.4 Å². The van der Waals surface area contributed by atoms with Crippen LogP contribution < -0.4 is 4.74 Å². The monoisotopic (exact) mass is 400 g/mol. The Morgan fingerprint density at radius 2 is 1.90 bits per heavy atom. The molecule has 29 heavy (non-hydrogen) atoms. The first-order valence-corrected chi connectivity index (χ1v) is 10.7. The zero-order valence-electron chi connectivity index (χ0n) is 17.3. The Kier molecular flexibility index (Phi) is 6.82. The lowest BCUT2D eigenvalue weighted by Crippen LogP contribution is -2.38. The average molecular weight is 401 g/mol. The lowest BCUT2D eigenvalue weighted by Gasteiger charge is -2.26. The Bertz CT molecular complexity index is 769. The van der Waals surface area contributed by atoms with E-state index in [4.69, 9.17) is 9.47 Å². The summed E-state index contributed by atoms with van der Waals surface area (Å²) in [5, 5.41) is 14.3. The first-order chi connectivity index (χ1) is 14.2. The van der Waals surface area contributed by atoms with Gasteiger partial charge in [0.05, 0.1) is 30.7 Å². The minimum absolute atomic E-state index is 0.515. The van der Waals surface area contributed by atoms with Gasteiger partial charge in [-0.3, -0.25) is 14.5 Å². The van der Waals surface area contributed by atoms with E-state index in [-0.39, 0.29) is 0 Å². The van der Waals surface area contributed by atoms with Crippen LogP contribution in [0.15, 0.2) is 30.3 Å². The molecule has 2 aliphatic rings. The molecule has 158 valence electrons. The SMILES string of the molecule is C[C@H](O)c1cc2n(n1)CCCN(Cc1ccc(OCCN3CCOCC3)cc1)C2. The second-order valence-corrected chi connectivity index (χ2v) is 7.97. The normalized spacial score (nSPS) is 19.5. The number of morpholine rings is 1. The van der Waals surface area contributed by atoms with Gasteiger partial charge in [-0.2, -0.15) is 5.10 Å². The highest BCUT2D eigenvalue weighted by molar-refractivity contribution is 5.27. The third-order valence-electron chi connectivity index (χ3n) is 5.65. The van der Waals surface area contributed by atoms with Crippen molar-refractivity contribution >= 4 is 0 Å². The third kappa shape index (κ3) is 5.57. The molecule has 1 atom stereocenters. The molecule has 0 aliphatic carbocycles. The Hall–Kier alpha value is -1.93. The zero-order valence-corrected chi connectivity index (χ0v) is 17.3. The van der Waals surface area contributed by atoms with Crippen LogP contribution in [-0.2, 0) is 24.4 Å². The van der Waals surface area contributed by atoms with Gasteiger partial charge in [0.2, 0.25) is 0 Å². The van der Waals surface area contributed by atoms with Crippen molar-refractivity contribution in [2.45, 2.75) is 39.1 Å². The minimum Gasteiger partial charge on any atom is -0.492 e. The second kappa shape index (κ2) is 9.71. The van der Waals surface area contributed by atoms with E-state index in [1.165, 1.54) is 11.3 Å². The molecule has 1 aromatic heterocycles. The fourth-order valence-corrected chi connectivity index (χ4v) is 3.96. The van der Waals surface area contributed by atoms with E-state index >= 15 is 0 Å². The third-order valence-corrected chi connectivity index (χ3v) is 5.65. The van der Waals surface area contributed by atoms with E-state index in [1.54, 1.807) is 6.92 Å². The molecule has 1 saturated heterocycles. The number of hydrogen-bond acceptors (Lipinski definition) is 6. The van der Waals surface area contributed by atoms with Crippen molar-refractivity contribution in [3.8, 4) is 5.75 Å². The van der Waals surface area contributed by atoms with Gasteiger partial charge in [-0.05, 0) is 37.1 Å². The Morgan fingerprint density at radius 3 is 2.66 bits per heavy atom. The van der Waals surface area contributed by atoms with Gasteiger partial charge in [-0.25, -0.2) is 0 Å². The molecule has 1 N–H and O–H groups in total. The van der Waals surface area contributed by atoms with Crippen molar-refractivity contribution in [2.75, 3.05) is 46.0 Å². The molecule has 3 heterocycles. The molecular weight excluding hydrogens is 368 g/mol. The molecule has 0 amide bonds. The molecule has 0 saturated carbocycles. The summed E-state index contributed by atoms with van der Waals surface area (Å²) >= 11 is 0. The van der Waals surface area contributed by atoms with Crippen LogP contribution in [-0.4, -0.2) is 70.7 Å². The van der Waals surface area contributed by atoms with E-state index in [0.29, 0.717) is 6.61 Å². The summed E-state index contributed by atoms with van der Waals surface area (Å²) in [5.41, 5.74) is 3.23. The maximum absolute atomic E-state index is 9.80. The largest absolute Gasteiger partial charge is 0.492 e. The Morgan fingerprint density at radius 1 is 1.10 bits per heavy atom. The molecule has 2 aliphatic heterocycles. The number of aliphatic hydroxyl groups excluding tert-OH is 1. The van der Waals surface area contributed by atoms with E-state index in [1.807, 2.05) is 10.7 Å². The van der Waals surface area contributed by atoms with Crippen molar-refractivity contribution in [3.05, 3.63) is 47.3 Å². The van der Waals surface area contributed by atoms with Crippen LogP contribution in [0, 0.1) is 0 Å². The number of rotatable bonds is 7. The molecule has 0 radical (unpaired) electrons. The number of hydrogen-bond donors (Lipinski definition) is 1. The molecule has 4 rings (SSSR count). The average Bonchev–Trinajstić information content (AvgIpc) is 3.04. The lowest BCUT2D eigenvalue weighted by molar-refractivity contribution is 0.0322. The summed E-state index contributed by atoms with van der Waals surface area (Å²) in [5.74, 6) is 0.928. The highest BCUT2D eigenvalue weighted by atomic mass is 16.5. The van der Waals surface area contributed by atoms with E-state index < -0.39 is 6.10 Å². The summed E-state index contributed by atoms with van der Waals surface area (Å²) < 4.78 is 13.3. The number of fused-ring (bicyclic) bond motifs is 1. The number of benzene rings is 1. The Labute approximate surface area is 172 Å². The molecule has 2 aromatic rings. The minimum atomic E-state index is -0.515. The highest BCUT2D eigenvalue weighted by Gasteiger charge is 2.18. The fraction of sp³-hybridized carbons (Fsp3) is 0.591. The van der Waals surface area contributed by atoms with Crippen LogP contribution >= 0.6 is 0 Å². The molecule has 1 aromatic carbocycles. The van der Waals surface area contributed by atoms with Gasteiger partial charge in [0.15, 0.2) is 0 Å². The quantitative estimate of drug-likeness (QED) is 0.768. The zero-order chi connectivity index (χ0) is 20.1. The fourth-order valence-electron chi connectivity index (χ4n) is 3.96. The number of nitrogens with zero attached hydrogens (tertiary/aromatic N) is 4. The van der Waals surface area contributed by atoms with Gasteiger partial charge in [-0.1, -0.05) is 12.1 Å². The van der Waals surface area contributed by atoms with E-state index in [2.05, 4.69) is 39.2 Å². The predicted octanol–water partition coefficient (Wildman–Crippen LogP) is 2.05. The van der Waals surface area contributed by atoms with Crippen LogP contribution in [0.5, 0.6) is 5.75 Å². The van der Waals surface area contributed by atoms with Crippen molar-refractivity contribution < 1.29 is 14.6 Å². The smallest absolute Gasteiger partial charge is 0.119 e. The highest BCUT2D eigenvalue weighted by Crippen LogP contribution is 2.20. The summed E-state index contributed by atoms with van der Waals surface area (Å²) in [6, 6.07) is 10.5.